The summed E-state index contributed by atoms with van der Waals surface area (Å²) in [5.74, 6) is 2.22. The van der Waals surface area contributed by atoms with Gasteiger partial charge in [0.15, 0.2) is 0 Å². The van der Waals surface area contributed by atoms with Crippen molar-refractivity contribution in [3.8, 4) is 5.69 Å². The van der Waals surface area contributed by atoms with Crippen LogP contribution in [0.3, 0.4) is 0 Å². The Morgan fingerprint density at radius 2 is 1.74 bits per heavy atom. The third kappa shape index (κ3) is 2.45. The van der Waals surface area contributed by atoms with E-state index in [2.05, 4.69) is 34.3 Å². The predicted molar refractivity (Wildman–Crippen MR) is 74.3 cm³/mol. The molecule has 5 nitrogen and oxygen atoms in total. The molecule has 2 heterocycles. The SMILES string of the molecule is C[C@H]1C[C@H](C)CN(c2nnnn2-c2ccccc2)C1. The van der Waals surface area contributed by atoms with Crippen molar-refractivity contribution < 1.29 is 0 Å². The number of piperidine rings is 1. The minimum Gasteiger partial charge on any atom is -0.339 e. The average Bonchev–Trinajstić information content (AvgIpc) is 2.88. The first-order valence-electron chi connectivity index (χ1n) is 6.83. The highest BCUT2D eigenvalue weighted by Crippen LogP contribution is 2.25. The molecule has 1 aromatic heterocycles. The Morgan fingerprint density at radius 1 is 1.05 bits per heavy atom. The van der Waals surface area contributed by atoms with E-state index in [1.165, 1.54) is 6.42 Å². The third-order valence-electron chi connectivity index (χ3n) is 3.61. The fraction of sp³-hybridized carbons (Fsp3) is 0.500. The van der Waals surface area contributed by atoms with Crippen LogP contribution >= 0.6 is 0 Å². The molecule has 0 amide bonds. The van der Waals surface area contributed by atoms with E-state index in [-0.39, 0.29) is 0 Å². The van der Waals surface area contributed by atoms with Crippen LogP contribution in [0.4, 0.5) is 5.95 Å². The lowest BCUT2D eigenvalue weighted by molar-refractivity contribution is 0.352. The van der Waals surface area contributed by atoms with E-state index in [0.717, 1.165) is 24.7 Å². The Morgan fingerprint density at radius 3 is 2.42 bits per heavy atom. The summed E-state index contributed by atoms with van der Waals surface area (Å²) in [4.78, 5) is 2.30. The number of hydrogen-bond acceptors (Lipinski definition) is 4. The largest absolute Gasteiger partial charge is 0.339 e. The lowest BCUT2D eigenvalue weighted by Crippen LogP contribution is -2.40. The standard InChI is InChI=1S/C14H19N5/c1-11-8-12(2)10-18(9-11)14-15-16-17-19(14)13-6-4-3-5-7-13/h3-7,11-12H,8-10H2,1-2H3/t11-,12-/m0/s1. The van der Waals surface area contributed by atoms with Crippen LogP contribution in [0.25, 0.3) is 5.69 Å². The van der Waals surface area contributed by atoms with Gasteiger partial charge in [-0.2, -0.15) is 4.68 Å². The zero-order valence-electron chi connectivity index (χ0n) is 11.4. The molecule has 2 atom stereocenters. The van der Waals surface area contributed by atoms with Gasteiger partial charge in [-0.3, -0.25) is 0 Å². The maximum Gasteiger partial charge on any atom is 0.250 e. The van der Waals surface area contributed by atoms with Crippen LogP contribution in [0.2, 0.25) is 0 Å². The molecule has 0 radical (unpaired) electrons. The average molecular weight is 257 g/mol. The molecule has 0 aliphatic carbocycles. The molecular weight excluding hydrogens is 238 g/mol. The number of anilines is 1. The lowest BCUT2D eigenvalue weighted by Gasteiger charge is -2.35. The molecular formula is C14H19N5. The van der Waals surface area contributed by atoms with Gasteiger partial charge in [0.25, 0.3) is 0 Å². The smallest absolute Gasteiger partial charge is 0.250 e. The van der Waals surface area contributed by atoms with E-state index >= 15 is 0 Å². The van der Waals surface area contributed by atoms with E-state index in [9.17, 15) is 0 Å². The van der Waals surface area contributed by atoms with Crippen LogP contribution < -0.4 is 4.90 Å². The second-order valence-corrected chi connectivity index (χ2v) is 5.58. The first kappa shape index (κ1) is 12.1. The molecule has 3 rings (SSSR count). The molecule has 19 heavy (non-hydrogen) atoms. The van der Waals surface area contributed by atoms with Crippen molar-refractivity contribution in [3.63, 3.8) is 0 Å². The minimum absolute atomic E-state index is 0.685. The molecule has 0 saturated carbocycles. The predicted octanol–water partition coefficient (Wildman–Crippen LogP) is 2.14. The van der Waals surface area contributed by atoms with Crippen molar-refractivity contribution in [2.45, 2.75) is 20.3 Å². The van der Waals surface area contributed by atoms with Gasteiger partial charge in [0.05, 0.1) is 5.69 Å². The number of hydrogen-bond donors (Lipinski definition) is 0. The summed E-state index contributed by atoms with van der Waals surface area (Å²) in [7, 11) is 0. The molecule has 1 fully saturated rings. The summed E-state index contributed by atoms with van der Waals surface area (Å²) < 4.78 is 1.82. The lowest BCUT2D eigenvalue weighted by atomic mass is 9.92. The van der Waals surface area contributed by atoms with Gasteiger partial charge in [-0.15, -0.1) is 0 Å². The molecule has 5 heteroatoms. The molecule has 2 aromatic rings. The molecule has 0 spiro atoms. The van der Waals surface area contributed by atoms with Crippen molar-refractivity contribution in [3.05, 3.63) is 30.3 Å². The Bertz CT molecular complexity index is 526. The van der Waals surface area contributed by atoms with Crippen molar-refractivity contribution >= 4 is 5.95 Å². The molecule has 1 aromatic carbocycles. The summed E-state index contributed by atoms with van der Waals surface area (Å²) in [6.45, 7) is 6.63. The van der Waals surface area contributed by atoms with Crippen LogP contribution in [0, 0.1) is 11.8 Å². The first-order chi connectivity index (χ1) is 9.24. The highest BCUT2D eigenvalue weighted by atomic mass is 15.6. The van der Waals surface area contributed by atoms with Crippen LogP contribution in [-0.2, 0) is 0 Å². The Labute approximate surface area is 113 Å². The van der Waals surface area contributed by atoms with Crippen molar-refractivity contribution in [1.82, 2.24) is 20.2 Å². The van der Waals surface area contributed by atoms with Crippen LogP contribution in [0.5, 0.6) is 0 Å². The van der Waals surface area contributed by atoms with Gasteiger partial charge < -0.3 is 4.90 Å². The number of tetrazole rings is 1. The van der Waals surface area contributed by atoms with E-state index in [4.69, 9.17) is 0 Å². The maximum atomic E-state index is 4.21. The number of benzene rings is 1. The Kier molecular flexibility index (Phi) is 3.19. The molecule has 0 bridgehead atoms. The summed E-state index contributed by atoms with van der Waals surface area (Å²) in [6.07, 6.45) is 1.28. The fourth-order valence-electron chi connectivity index (χ4n) is 2.94. The Balaban J connectivity index is 1.92. The topological polar surface area (TPSA) is 46.8 Å². The van der Waals surface area contributed by atoms with Crippen LogP contribution in [0.15, 0.2) is 30.3 Å². The van der Waals surface area contributed by atoms with Gasteiger partial charge in [-0.25, -0.2) is 0 Å². The van der Waals surface area contributed by atoms with Gasteiger partial charge in [-0.05, 0) is 40.8 Å². The highest BCUT2D eigenvalue weighted by Gasteiger charge is 2.25. The second kappa shape index (κ2) is 4.99. The normalized spacial score (nSPS) is 23.6. The summed E-state index contributed by atoms with van der Waals surface area (Å²) >= 11 is 0. The quantitative estimate of drug-likeness (QED) is 0.827. The van der Waals surface area contributed by atoms with Crippen molar-refractivity contribution in [2.24, 2.45) is 11.8 Å². The molecule has 100 valence electrons. The van der Waals surface area contributed by atoms with Gasteiger partial charge in [0, 0.05) is 13.1 Å². The van der Waals surface area contributed by atoms with Gasteiger partial charge in [0.2, 0.25) is 5.95 Å². The zero-order chi connectivity index (χ0) is 13.2. The first-order valence-corrected chi connectivity index (χ1v) is 6.83. The van der Waals surface area contributed by atoms with Crippen LogP contribution in [-0.4, -0.2) is 33.3 Å². The molecule has 0 unspecified atom stereocenters. The maximum absolute atomic E-state index is 4.21. The van der Waals surface area contributed by atoms with Gasteiger partial charge in [-0.1, -0.05) is 37.1 Å². The van der Waals surface area contributed by atoms with Gasteiger partial charge in [0.1, 0.15) is 0 Å². The van der Waals surface area contributed by atoms with Gasteiger partial charge >= 0.3 is 0 Å². The number of rotatable bonds is 2. The van der Waals surface area contributed by atoms with E-state index in [0.29, 0.717) is 11.8 Å². The summed E-state index contributed by atoms with van der Waals surface area (Å²) in [5.41, 5.74) is 1.01. The number of para-hydroxylation sites is 1. The van der Waals surface area contributed by atoms with Crippen molar-refractivity contribution in [1.29, 1.82) is 0 Å². The van der Waals surface area contributed by atoms with E-state index in [1.807, 2.05) is 35.0 Å². The number of aromatic nitrogens is 4. The fourth-order valence-corrected chi connectivity index (χ4v) is 2.94. The third-order valence-corrected chi connectivity index (χ3v) is 3.61. The highest BCUT2D eigenvalue weighted by molar-refractivity contribution is 5.40. The second-order valence-electron chi connectivity index (χ2n) is 5.58. The molecule has 1 aliphatic heterocycles. The Hall–Kier alpha value is -1.91. The zero-order valence-corrected chi connectivity index (χ0v) is 11.4. The molecule has 1 aliphatic rings. The van der Waals surface area contributed by atoms with Crippen LogP contribution in [0.1, 0.15) is 20.3 Å². The van der Waals surface area contributed by atoms with E-state index in [1.54, 1.807) is 0 Å². The van der Waals surface area contributed by atoms with E-state index < -0.39 is 0 Å². The summed E-state index contributed by atoms with van der Waals surface area (Å²) in [6, 6.07) is 10.1. The summed E-state index contributed by atoms with van der Waals surface area (Å²) in [5, 5.41) is 12.2. The molecule has 1 saturated heterocycles. The van der Waals surface area contributed by atoms with Crippen molar-refractivity contribution in [2.75, 3.05) is 18.0 Å². The number of nitrogens with zero attached hydrogens (tertiary/aromatic N) is 5. The minimum atomic E-state index is 0.685. The monoisotopic (exact) mass is 257 g/mol. The molecule has 0 N–H and O–H groups in total.